The van der Waals surface area contributed by atoms with E-state index in [-0.39, 0.29) is 0 Å². The summed E-state index contributed by atoms with van der Waals surface area (Å²) in [6.45, 7) is 2.82. The van der Waals surface area contributed by atoms with Crippen LogP contribution in [0.2, 0.25) is 0 Å². The van der Waals surface area contributed by atoms with Gasteiger partial charge < -0.3 is 4.74 Å². The third-order valence-electron chi connectivity index (χ3n) is 1.25. The van der Waals surface area contributed by atoms with E-state index in [2.05, 4.69) is 13.0 Å². The van der Waals surface area contributed by atoms with Crippen LogP contribution in [0.1, 0.15) is 19.8 Å². The summed E-state index contributed by atoms with van der Waals surface area (Å²) < 4.78 is 4.85. The molecule has 0 rings (SSSR count). The summed E-state index contributed by atoms with van der Waals surface area (Å²) >= 11 is 0. The van der Waals surface area contributed by atoms with Crippen LogP contribution < -0.4 is 0 Å². The smallest absolute Gasteiger partial charge is 0.0624 e. The molecule has 1 atom stereocenters. The maximum absolute atomic E-state index is 8.25. The standard InChI is InChI=1S/C7H13NO/c1-7(3-5-8)4-6-9-2/h7H,3-4,6H2,1-2H3. The lowest BCUT2D eigenvalue weighted by atomic mass is 10.1. The minimum absolute atomic E-state index is 0.481. The van der Waals surface area contributed by atoms with Crippen molar-refractivity contribution >= 4 is 0 Å². The second-order valence-electron chi connectivity index (χ2n) is 2.25. The first kappa shape index (κ1) is 8.45. The number of nitrogens with zero attached hydrogens (tertiary/aromatic N) is 1. The van der Waals surface area contributed by atoms with Gasteiger partial charge in [0.2, 0.25) is 0 Å². The van der Waals surface area contributed by atoms with Crippen LogP contribution >= 0.6 is 0 Å². The molecule has 0 aromatic heterocycles. The average molecular weight is 127 g/mol. The molecule has 1 unspecified atom stereocenters. The SMILES string of the molecule is COCCC(C)CC#N. The van der Waals surface area contributed by atoms with Crippen molar-refractivity contribution in [2.45, 2.75) is 19.8 Å². The van der Waals surface area contributed by atoms with Gasteiger partial charge in [0.1, 0.15) is 0 Å². The lowest BCUT2D eigenvalue weighted by molar-refractivity contribution is 0.181. The highest BCUT2D eigenvalue weighted by molar-refractivity contribution is 4.72. The van der Waals surface area contributed by atoms with Gasteiger partial charge >= 0.3 is 0 Å². The number of hydrogen-bond acceptors (Lipinski definition) is 2. The summed E-state index contributed by atoms with van der Waals surface area (Å²) in [7, 11) is 1.68. The summed E-state index contributed by atoms with van der Waals surface area (Å²) in [5, 5.41) is 8.25. The summed E-state index contributed by atoms with van der Waals surface area (Å²) in [5.74, 6) is 0.481. The number of methoxy groups -OCH3 is 1. The average Bonchev–Trinajstić information content (AvgIpc) is 1.85. The summed E-state index contributed by atoms with van der Waals surface area (Å²) in [4.78, 5) is 0. The topological polar surface area (TPSA) is 33.0 Å². The van der Waals surface area contributed by atoms with Crippen molar-refractivity contribution in [3.8, 4) is 6.07 Å². The molecule has 9 heavy (non-hydrogen) atoms. The summed E-state index contributed by atoms with van der Waals surface area (Å²) in [6.07, 6.45) is 1.63. The molecule has 52 valence electrons. The van der Waals surface area contributed by atoms with Crippen molar-refractivity contribution in [2.24, 2.45) is 5.92 Å². The number of rotatable bonds is 4. The molecule has 0 fully saturated rings. The molecule has 2 nitrogen and oxygen atoms in total. The molecule has 0 radical (unpaired) electrons. The van der Waals surface area contributed by atoms with E-state index in [0.717, 1.165) is 13.0 Å². The first-order chi connectivity index (χ1) is 4.31. The third-order valence-corrected chi connectivity index (χ3v) is 1.25. The van der Waals surface area contributed by atoms with Gasteiger partial charge in [-0.25, -0.2) is 0 Å². The van der Waals surface area contributed by atoms with E-state index in [1.54, 1.807) is 7.11 Å². The highest BCUT2D eigenvalue weighted by Crippen LogP contribution is 2.04. The van der Waals surface area contributed by atoms with E-state index in [1.807, 2.05) is 0 Å². The molecule has 0 saturated heterocycles. The Morgan fingerprint density at radius 1 is 1.67 bits per heavy atom. The van der Waals surface area contributed by atoms with Crippen LogP contribution in [0.5, 0.6) is 0 Å². The molecule has 0 aliphatic heterocycles. The maximum atomic E-state index is 8.25. The minimum atomic E-state index is 0.481. The van der Waals surface area contributed by atoms with Crippen molar-refractivity contribution in [1.29, 1.82) is 5.26 Å². The molecular formula is C7H13NO. The van der Waals surface area contributed by atoms with Crippen LogP contribution in [0.3, 0.4) is 0 Å². The molecule has 0 aromatic rings. The Morgan fingerprint density at radius 2 is 2.33 bits per heavy atom. The number of ether oxygens (including phenoxy) is 1. The first-order valence-corrected chi connectivity index (χ1v) is 3.17. The lowest BCUT2D eigenvalue weighted by Crippen LogP contribution is -1.98. The van der Waals surface area contributed by atoms with Crippen LogP contribution in [0.25, 0.3) is 0 Å². The van der Waals surface area contributed by atoms with E-state index in [1.165, 1.54) is 0 Å². The molecule has 0 aliphatic rings. The zero-order valence-corrected chi connectivity index (χ0v) is 6.05. The van der Waals surface area contributed by atoms with Gasteiger partial charge in [-0.2, -0.15) is 5.26 Å². The van der Waals surface area contributed by atoms with Crippen molar-refractivity contribution in [3.63, 3.8) is 0 Å². The quantitative estimate of drug-likeness (QED) is 0.574. The van der Waals surface area contributed by atoms with E-state index >= 15 is 0 Å². The van der Waals surface area contributed by atoms with E-state index < -0.39 is 0 Å². The van der Waals surface area contributed by atoms with Gasteiger partial charge in [-0.1, -0.05) is 6.92 Å². The Morgan fingerprint density at radius 3 is 2.78 bits per heavy atom. The summed E-state index contributed by atoms with van der Waals surface area (Å²) in [5.41, 5.74) is 0. The van der Waals surface area contributed by atoms with E-state index in [0.29, 0.717) is 12.3 Å². The Balaban J connectivity index is 3.08. The zero-order chi connectivity index (χ0) is 7.11. The second kappa shape index (κ2) is 5.58. The molecule has 0 aromatic carbocycles. The predicted octanol–water partition coefficient (Wildman–Crippen LogP) is 1.57. The first-order valence-electron chi connectivity index (χ1n) is 3.17. The Bertz CT molecular complexity index is 95.6. The Labute approximate surface area is 56.4 Å². The highest BCUT2D eigenvalue weighted by Gasteiger charge is 1.98. The fourth-order valence-electron chi connectivity index (χ4n) is 0.577. The van der Waals surface area contributed by atoms with Crippen molar-refractivity contribution in [1.82, 2.24) is 0 Å². The molecule has 0 spiro atoms. The summed E-state index contributed by atoms with van der Waals surface area (Å²) in [6, 6.07) is 2.12. The molecule has 0 aliphatic carbocycles. The Hall–Kier alpha value is -0.550. The van der Waals surface area contributed by atoms with E-state index in [4.69, 9.17) is 10.00 Å². The van der Waals surface area contributed by atoms with E-state index in [9.17, 15) is 0 Å². The van der Waals surface area contributed by atoms with Crippen molar-refractivity contribution < 1.29 is 4.74 Å². The molecular weight excluding hydrogens is 114 g/mol. The largest absolute Gasteiger partial charge is 0.385 e. The predicted molar refractivity (Wildman–Crippen MR) is 35.9 cm³/mol. The van der Waals surface area contributed by atoms with Crippen LogP contribution in [0.15, 0.2) is 0 Å². The van der Waals surface area contributed by atoms with Gasteiger partial charge in [0.05, 0.1) is 6.07 Å². The number of nitriles is 1. The monoisotopic (exact) mass is 127 g/mol. The highest BCUT2D eigenvalue weighted by atomic mass is 16.5. The minimum Gasteiger partial charge on any atom is -0.385 e. The van der Waals surface area contributed by atoms with Gasteiger partial charge in [0.15, 0.2) is 0 Å². The Kier molecular flexibility index (Phi) is 5.24. The van der Waals surface area contributed by atoms with Crippen LogP contribution in [-0.2, 0) is 4.74 Å². The normalized spacial score (nSPS) is 12.6. The molecule has 2 heteroatoms. The molecule has 0 amide bonds. The van der Waals surface area contributed by atoms with Gasteiger partial charge in [-0.15, -0.1) is 0 Å². The van der Waals surface area contributed by atoms with Crippen LogP contribution in [-0.4, -0.2) is 13.7 Å². The lowest BCUT2D eigenvalue weighted by Gasteiger charge is -2.03. The third kappa shape index (κ3) is 5.32. The second-order valence-corrected chi connectivity index (χ2v) is 2.25. The fraction of sp³-hybridized carbons (Fsp3) is 0.857. The number of hydrogen-bond donors (Lipinski definition) is 0. The molecule has 0 N–H and O–H groups in total. The maximum Gasteiger partial charge on any atom is 0.0624 e. The molecule has 0 bridgehead atoms. The molecule has 0 heterocycles. The fourth-order valence-corrected chi connectivity index (χ4v) is 0.577. The van der Waals surface area contributed by atoms with Gasteiger partial charge in [0, 0.05) is 20.1 Å². The van der Waals surface area contributed by atoms with Gasteiger partial charge in [-0.3, -0.25) is 0 Å². The van der Waals surface area contributed by atoms with Crippen molar-refractivity contribution in [2.75, 3.05) is 13.7 Å². The van der Waals surface area contributed by atoms with Gasteiger partial charge in [0.25, 0.3) is 0 Å². The van der Waals surface area contributed by atoms with Crippen LogP contribution in [0.4, 0.5) is 0 Å². The van der Waals surface area contributed by atoms with Crippen molar-refractivity contribution in [3.05, 3.63) is 0 Å². The van der Waals surface area contributed by atoms with Gasteiger partial charge in [-0.05, 0) is 12.3 Å². The molecule has 0 saturated carbocycles. The van der Waals surface area contributed by atoms with Crippen LogP contribution in [0, 0.1) is 17.2 Å². The zero-order valence-electron chi connectivity index (χ0n) is 6.05.